The summed E-state index contributed by atoms with van der Waals surface area (Å²) in [6, 6.07) is 4.20. The third-order valence-corrected chi connectivity index (χ3v) is 3.20. The van der Waals surface area contributed by atoms with Gasteiger partial charge in [-0.2, -0.15) is 0 Å². The Balaban J connectivity index is 0.00000200. The summed E-state index contributed by atoms with van der Waals surface area (Å²) in [4.78, 5) is 14.5. The van der Waals surface area contributed by atoms with Crippen LogP contribution in [-0.2, 0) is 11.2 Å². The molecule has 0 aliphatic carbocycles. The van der Waals surface area contributed by atoms with Crippen LogP contribution in [0.5, 0.6) is 0 Å². The topological polar surface area (TPSA) is 70.9 Å². The molecule has 1 amide bonds. The highest BCUT2D eigenvalue weighted by molar-refractivity contribution is 5.85. The van der Waals surface area contributed by atoms with E-state index in [9.17, 15) is 9.18 Å². The lowest BCUT2D eigenvalue weighted by atomic mass is 10.1. The number of nitrogens with two attached hydrogens (primary N) is 1. The Bertz CT molecular complexity index is 585. The summed E-state index contributed by atoms with van der Waals surface area (Å²) in [5.74, 6) is -0.392. The first kappa shape index (κ1) is 16.5. The minimum Gasteiger partial charge on any atom is -0.361 e. The molecule has 0 bridgehead atoms. The second-order valence-corrected chi connectivity index (χ2v) is 4.56. The maximum absolute atomic E-state index is 13.0. The largest absolute Gasteiger partial charge is 0.361 e. The van der Waals surface area contributed by atoms with Gasteiger partial charge in [-0.3, -0.25) is 4.79 Å². The van der Waals surface area contributed by atoms with E-state index in [1.807, 2.05) is 13.1 Å². The first-order chi connectivity index (χ1) is 9.11. The van der Waals surface area contributed by atoms with Crippen molar-refractivity contribution in [1.29, 1.82) is 0 Å². The summed E-state index contributed by atoms with van der Waals surface area (Å²) in [5, 5.41) is 3.78. The Kier molecular flexibility index (Phi) is 5.98. The molecule has 2 aromatic rings. The zero-order valence-electron chi connectivity index (χ0n) is 11.3. The molecule has 110 valence electrons. The van der Waals surface area contributed by atoms with Crippen molar-refractivity contribution < 1.29 is 9.18 Å². The van der Waals surface area contributed by atoms with Crippen molar-refractivity contribution >= 4 is 29.2 Å². The fourth-order valence-electron chi connectivity index (χ4n) is 2.00. The molecule has 0 saturated heterocycles. The van der Waals surface area contributed by atoms with Gasteiger partial charge in [-0.25, -0.2) is 4.39 Å². The van der Waals surface area contributed by atoms with Gasteiger partial charge in [-0.1, -0.05) is 6.92 Å². The number of hydrogen-bond acceptors (Lipinski definition) is 2. The van der Waals surface area contributed by atoms with E-state index in [1.54, 1.807) is 6.07 Å². The molecule has 0 aliphatic rings. The molecule has 1 aromatic heterocycles. The van der Waals surface area contributed by atoms with Gasteiger partial charge in [0.15, 0.2) is 0 Å². The minimum atomic E-state index is -0.447. The van der Waals surface area contributed by atoms with E-state index in [1.165, 1.54) is 12.1 Å². The molecule has 0 radical (unpaired) electrons. The number of amides is 1. The minimum absolute atomic E-state index is 0. The van der Waals surface area contributed by atoms with Gasteiger partial charge in [-0.15, -0.1) is 12.4 Å². The third-order valence-electron chi connectivity index (χ3n) is 3.20. The first-order valence-corrected chi connectivity index (χ1v) is 6.40. The zero-order valence-corrected chi connectivity index (χ0v) is 12.1. The monoisotopic (exact) mass is 299 g/mol. The number of carbonyl (C=O) groups is 1. The van der Waals surface area contributed by atoms with E-state index in [2.05, 4.69) is 10.3 Å². The summed E-state index contributed by atoms with van der Waals surface area (Å²) in [6.45, 7) is 2.40. The molecule has 0 spiro atoms. The van der Waals surface area contributed by atoms with Crippen molar-refractivity contribution in [3.05, 3.63) is 35.8 Å². The Morgan fingerprint density at radius 2 is 2.25 bits per heavy atom. The summed E-state index contributed by atoms with van der Waals surface area (Å²) in [6.07, 6.45) is 3.15. The van der Waals surface area contributed by atoms with Gasteiger partial charge >= 0.3 is 0 Å². The molecule has 20 heavy (non-hydrogen) atoms. The van der Waals surface area contributed by atoms with Gasteiger partial charge in [0.2, 0.25) is 5.91 Å². The number of carbonyl (C=O) groups excluding carboxylic acids is 1. The number of benzene rings is 1. The number of nitrogens with one attached hydrogen (secondary N) is 2. The lowest BCUT2D eigenvalue weighted by molar-refractivity contribution is -0.122. The molecule has 1 aromatic carbocycles. The predicted molar refractivity (Wildman–Crippen MR) is 80.5 cm³/mol. The molecule has 4 nitrogen and oxygen atoms in total. The number of rotatable bonds is 5. The maximum atomic E-state index is 13.0. The standard InChI is InChI=1S/C14H18FN3O.ClH/c1-2-12(16)14(19)17-6-5-9-8-18-13-7-10(15)3-4-11(9)13;/h3-4,7-8,12,18H,2,5-6,16H2,1H3,(H,17,19);1H/t12-;/m0./s1. The molecule has 0 saturated carbocycles. The summed E-state index contributed by atoms with van der Waals surface area (Å²) >= 11 is 0. The molecule has 6 heteroatoms. The SMILES string of the molecule is CC[C@H](N)C(=O)NCCc1c[nH]c2cc(F)ccc12.Cl. The number of aromatic nitrogens is 1. The van der Waals surface area contributed by atoms with Crippen LogP contribution in [0, 0.1) is 5.82 Å². The van der Waals surface area contributed by atoms with Gasteiger partial charge in [0.25, 0.3) is 0 Å². The van der Waals surface area contributed by atoms with Crippen LogP contribution >= 0.6 is 12.4 Å². The molecule has 0 aliphatic heterocycles. The fourth-order valence-corrected chi connectivity index (χ4v) is 2.00. The van der Waals surface area contributed by atoms with Gasteiger partial charge in [0.1, 0.15) is 5.82 Å². The Hall–Kier alpha value is -1.59. The number of aromatic amines is 1. The number of fused-ring (bicyclic) bond motifs is 1. The Morgan fingerprint density at radius 3 is 2.95 bits per heavy atom. The second kappa shape index (κ2) is 7.26. The predicted octanol–water partition coefficient (Wildman–Crippen LogP) is 2.12. The lowest BCUT2D eigenvalue weighted by Crippen LogP contribution is -2.40. The molecule has 0 fully saturated rings. The van der Waals surface area contributed by atoms with Crippen LogP contribution in [-0.4, -0.2) is 23.5 Å². The average Bonchev–Trinajstić information content (AvgIpc) is 2.80. The van der Waals surface area contributed by atoms with Gasteiger partial charge < -0.3 is 16.0 Å². The van der Waals surface area contributed by atoms with Crippen LogP contribution in [0.15, 0.2) is 24.4 Å². The summed E-state index contributed by atoms with van der Waals surface area (Å²) in [5.41, 5.74) is 7.45. The van der Waals surface area contributed by atoms with Crippen molar-refractivity contribution in [2.24, 2.45) is 5.73 Å². The maximum Gasteiger partial charge on any atom is 0.236 e. The average molecular weight is 300 g/mol. The number of hydrogen-bond donors (Lipinski definition) is 3. The number of H-pyrrole nitrogens is 1. The Labute approximate surface area is 123 Å². The third kappa shape index (κ3) is 3.71. The smallest absolute Gasteiger partial charge is 0.236 e. The molecule has 4 N–H and O–H groups in total. The molecule has 2 rings (SSSR count). The lowest BCUT2D eigenvalue weighted by Gasteiger charge is -2.09. The van der Waals surface area contributed by atoms with Gasteiger partial charge in [0.05, 0.1) is 6.04 Å². The van der Waals surface area contributed by atoms with Crippen LogP contribution in [0.1, 0.15) is 18.9 Å². The van der Waals surface area contributed by atoms with Crippen LogP contribution in [0.25, 0.3) is 10.9 Å². The van der Waals surface area contributed by atoms with Crippen LogP contribution in [0.4, 0.5) is 4.39 Å². The van der Waals surface area contributed by atoms with Crippen molar-refractivity contribution in [3.8, 4) is 0 Å². The molecule has 0 unspecified atom stereocenters. The van der Waals surface area contributed by atoms with E-state index in [0.717, 1.165) is 16.5 Å². The first-order valence-electron chi connectivity index (χ1n) is 6.40. The van der Waals surface area contributed by atoms with E-state index in [4.69, 9.17) is 5.73 Å². The quantitative estimate of drug-likeness (QED) is 0.791. The molecular formula is C14H19ClFN3O. The molecule has 1 atom stereocenters. The van der Waals surface area contributed by atoms with Gasteiger partial charge in [-0.05, 0) is 36.6 Å². The van der Waals surface area contributed by atoms with Crippen LogP contribution in [0.3, 0.4) is 0 Å². The van der Waals surface area contributed by atoms with Crippen LogP contribution in [0.2, 0.25) is 0 Å². The highest BCUT2D eigenvalue weighted by Gasteiger charge is 2.10. The van der Waals surface area contributed by atoms with Crippen LogP contribution < -0.4 is 11.1 Å². The summed E-state index contributed by atoms with van der Waals surface area (Å²) in [7, 11) is 0. The normalized spacial score (nSPS) is 11.9. The molecular weight excluding hydrogens is 281 g/mol. The van der Waals surface area contributed by atoms with E-state index < -0.39 is 6.04 Å². The highest BCUT2D eigenvalue weighted by atomic mass is 35.5. The van der Waals surface area contributed by atoms with Crippen molar-refractivity contribution in [2.45, 2.75) is 25.8 Å². The van der Waals surface area contributed by atoms with Crippen molar-refractivity contribution in [2.75, 3.05) is 6.54 Å². The zero-order chi connectivity index (χ0) is 13.8. The number of halogens is 2. The van der Waals surface area contributed by atoms with Crippen molar-refractivity contribution in [3.63, 3.8) is 0 Å². The van der Waals surface area contributed by atoms with Crippen molar-refractivity contribution in [1.82, 2.24) is 10.3 Å². The summed E-state index contributed by atoms with van der Waals surface area (Å²) < 4.78 is 13.0. The van der Waals surface area contributed by atoms with E-state index in [0.29, 0.717) is 19.4 Å². The molecule has 1 heterocycles. The van der Waals surface area contributed by atoms with E-state index in [-0.39, 0.29) is 24.1 Å². The highest BCUT2D eigenvalue weighted by Crippen LogP contribution is 2.19. The fraction of sp³-hybridized carbons (Fsp3) is 0.357. The van der Waals surface area contributed by atoms with Gasteiger partial charge in [0, 0.05) is 23.6 Å². The Morgan fingerprint density at radius 1 is 1.50 bits per heavy atom. The van der Waals surface area contributed by atoms with E-state index >= 15 is 0 Å². The second-order valence-electron chi connectivity index (χ2n) is 4.56.